The Kier molecular flexibility index (Phi) is 4.56. The molecular formula is C21H23N3O3. The molecule has 1 aliphatic heterocycles. The number of benzene rings is 1. The summed E-state index contributed by atoms with van der Waals surface area (Å²) in [5, 5.41) is 6.07. The van der Waals surface area contributed by atoms with E-state index in [1.54, 1.807) is 13.2 Å². The summed E-state index contributed by atoms with van der Waals surface area (Å²) in [7, 11) is 1.69. The van der Waals surface area contributed by atoms with Crippen LogP contribution in [0.1, 0.15) is 46.3 Å². The fourth-order valence-electron chi connectivity index (χ4n) is 3.83. The van der Waals surface area contributed by atoms with E-state index in [0.29, 0.717) is 18.0 Å². The van der Waals surface area contributed by atoms with E-state index in [1.165, 1.54) is 0 Å². The van der Waals surface area contributed by atoms with Crippen molar-refractivity contribution in [2.24, 2.45) is 0 Å². The Hall–Kier alpha value is -2.89. The van der Waals surface area contributed by atoms with Gasteiger partial charge in [-0.05, 0) is 55.8 Å². The van der Waals surface area contributed by atoms with Crippen LogP contribution in [-0.4, -0.2) is 41.1 Å². The third kappa shape index (κ3) is 3.27. The van der Waals surface area contributed by atoms with Crippen molar-refractivity contribution in [3.63, 3.8) is 0 Å². The van der Waals surface area contributed by atoms with Crippen LogP contribution in [0.3, 0.4) is 0 Å². The molecule has 3 heterocycles. The molecule has 1 amide bonds. The molecule has 4 rings (SSSR count). The van der Waals surface area contributed by atoms with Crippen molar-refractivity contribution in [3.8, 4) is 5.75 Å². The van der Waals surface area contributed by atoms with E-state index in [0.717, 1.165) is 47.2 Å². The standard InChI is InChI=1S/C21H23N3O3/c1-13-9-20(27-23-13)21(25)24-8-4-5-16(12-24)18-10-17-14(2)19(26-3)7-6-15(17)11-22-18/h6-7,9-11,16H,4-5,8,12H2,1-3H3. The van der Waals surface area contributed by atoms with Crippen LogP contribution in [0.4, 0.5) is 0 Å². The number of likely N-dealkylation sites (tertiary alicyclic amines) is 1. The monoisotopic (exact) mass is 365 g/mol. The number of hydrogen-bond acceptors (Lipinski definition) is 5. The molecule has 140 valence electrons. The van der Waals surface area contributed by atoms with Crippen LogP contribution in [0.15, 0.2) is 35.0 Å². The summed E-state index contributed by atoms with van der Waals surface area (Å²) in [6, 6.07) is 7.83. The van der Waals surface area contributed by atoms with E-state index < -0.39 is 0 Å². The first-order valence-electron chi connectivity index (χ1n) is 9.22. The van der Waals surface area contributed by atoms with Crippen molar-refractivity contribution in [2.45, 2.75) is 32.6 Å². The molecule has 0 spiro atoms. The molecule has 3 aromatic rings. The van der Waals surface area contributed by atoms with Crippen LogP contribution in [0.5, 0.6) is 5.75 Å². The number of carbonyl (C=O) groups excluding carboxylic acids is 1. The van der Waals surface area contributed by atoms with Gasteiger partial charge in [0.25, 0.3) is 5.91 Å². The van der Waals surface area contributed by atoms with Gasteiger partial charge in [0.05, 0.1) is 12.8 Å². The summed E-state index contributed by atoms with van der Waals surface area (Å²) >= 11 is 0. The maximum Gasteiger partial charge on any atom is 0.292 e. The van der Waals surface area contributed by atoms with Crippen molar-refractivity contribution in [2.75, 3.05) is 20.2 Å². The maximum absolute atomic E-state index is 12.7. The predicted octanol–water partition coefficient (Wildman–Crippen LogP) is 3.87. The molecule has 0 N–H and O–H groups in total. The lowest BCUT2D eigenvalue weighted by atomic mass is 9.92. The Morgan fingerprint density at radius 1 is 1.30 bits per heavy atom. The Labute approximate surface area is 158 Å². The van der Waals surface area contributed by atoms with E-state index in [4.69, 9.17) is 9.26 Å². The van der Waals surface area contributed by atoms with Gasteiger partial charge in [-0.25, -0.2) is 0 Å². The fourth-order valence-corrected chi connectivity index (χ4v) is 3.83. The molecule has 1 aliphatic rings. The summed E-state index contributed by atoms with van der Waals surface area (Å²) in [5.41, 5.74) is 2.84. The zero-order chi connectivity index (χ0) is 19.0. The summed E-state index contributed by atoms with van der Waals surface area (Å²) in [6.45, 7) is 5.25. The fraction of sp³-hybridized carbons (Fsp3) is 0.381. The van der Waals surface area contributed by atoms with Crippen LogP contribution in [0, 0.1) is 13.8 Å². The van der Waals surface area contributed by atoms with Gasteiger partial charge in [0, 0.05) is 42.4 Å². The first-order valence-corrected chi connectivity index (χ1v) is 9.22. The van der Waals surface area contributed by atoms with Gasteiger partial charge in [-0.2, -0.15) is 0 Å². The van der Waals surface area contributed by atoms with E-state index in [2.05, 4.69) is 23.1 Å². The van der Waals surface area contributed by atoms with Crippen LogP contribution >= 0.6 is 0 Å². The molecule has 0 bridgehead atoms. The minimum Gasteiger partial charge on any atom is -0.496 e. The van der Waals surface area contributed by atoms with Crippen molar-refractivity contribution >= 4 is 16.7 Å². The van der Waals surface area contributed by atoms with Gasteiger partial charge < -0.3 is 14.2 Å². The lowest BCUT2D eigenvalue weighted by Crippen LogP contribution is -2.39. The molecule has 6 nitrogen and oxygen atoms in total. The third-order valence-corrected chi connectivity index (χ3v) is 5.33. The van der Waals surface area contributed by atoms with Crippen LogP contribution < -0.4 is 4.74 Å². The van der Waals surface area contributed by atoms with Gasteiger partial charge in [-0.3, -0.25) is 9.78 Å². The van der Waals surface area contributed by atoms with E-state index in [9.17, 15) is 4.79 Å². The second-order valence-electron chi connectivity index (χ2n) is 7.15. The van der Waals surface area contributed by atoms with Crippen LogP contribution in [-0.2, 0) is 0 Å². The van der Waals surface area contributed by atoms with Gasteiger partial charge in [0.2, 0.25) is 5.76 Å². The number of rotatable bonds is 3. The number of carbonyl (C=O) groups is 1. The van der Waals surface area contributed by atoms with E-state index >= 15 is 0 Å². The van der Waals surface area contributed by atoms with Crippen LogP contribution in [0.2, 0.25) is 0 Å². The zero-order valence-corrected chi connectivity index (χ0v) is 15.9. The van der Waals surface area contributed by atoms with Crippen molar-refractivity contribution in [3.05, 3.63) is 53.2 Å². The molecule has 0 saturated carbocycles. The molecule has 6 heteroatoms. The number of pyridine rings is 1. The van der Waals surface area contributed by atoms with Gasteiger partial charge in [0.1, 0.15) is 5.75 Å². The number of nitrogens with zero attached hydrogens (tertiary/aromatic N) is 3. The number of aryl methyl sites for hydroxylation is 2. The maximum atomic E-state index is 12.7. The molecule has 2 aromatic heterocycles. The highest BCUT2D eigenvalue weighted by Crippen LogP contribution is 2.32. The summed E-state index contributed by atoms with van der Waals surface area (Å²) in [4.78, 5) is 19.2. The number of methoxy groups -OCH3 is 1. The normalized spacial score (nSPS) is 17.3. The quantitative estimate of drug-likeness (QED) is 0.705. The van der Waals surface area contributed by atoms with Gasteiger partial charge in [-0.1, -0.05) is 5.16 Å². The molecule has 1 unspecified atom stereocenters. The topological polar surface area (TPSA) is 68.5 Å². The van der Waals surface area contributed by atoms with Crippen molar-refractivity contribution < 1.29 is 14.1 Å². The first-order chi connectivity index (χ1) is 13.1. The number of fused-ring (bicyclic) bond motifs is 1. The molecule has 1 fully saturated rings. The summed E-state index contributed by atoms with van der Waals surface area (Å²) < 4.78 is 10.6. The average molecular weight is 365 g/mol. The molecule has 1 aromatic carbocycles. The highest BCUT2D eigenvalue weighted by atomic mass is 16.5. The number of amides is 1. The van der Waals surface area contributed by atoms with Crippen molar-refractivity contribution in [1.82, 2.24) is 15.0 Å². The Morgan fingerprint density at radius 3 is 2.89 bits per heavy atom. The largest absolute Gasteiger partial charge is 0.496 e. The Morgan fingerprint density at radius 2 is 2.15 bits per heavy atom. The first kappa shape index (κ1) is 17.5. The number of piperidine rings is 1. The smallest absolute Gasteiger partial charge is 0.292 e. The molecule has 27 heavy (non-hydrogen) atoms. The summed E-state index contributed by atoms with van der Waals surface area (Å²) in [5.74, 6) is 1.29. The second-order valence-corrected chi connectivity index (χ2v) is 7.15. The lowest BCUT2D eigenvalue weighted by Gasteiger charge is -2.32. The SMILES string of the molecule is COc1ccc2cnc(C3CCCN(C(=O)c4cc(C)no4)C3)cc2c1C. The highest BCUT2D eigenvalue weighted by Gasteiger charge is 2.28. The lowest BCUT2D eigenvalue weighted by molar-refractivity contribution is 0.0664. The molecular weight excluding hydrogens is 342 g/mol. The molecule has 1 saturated heterocycles. The minimum atomic E-state index is -0.0982. The van der Waals surface area contributed by atoms with Crippen LogP contribution in [0.25, 0.3) is 10.8 Å². The average Bonchev–Trinajstić information content (AvgIpc) is 3.14. The van der Waals surface area contributed by atoms with E-state index in [1.807, 2.05) is 30.2 Å². The van der Waals surface area contributed by atoms with Gasteiger partial charge in [-0.15, -0.1) is 0 Å². The van der Waals surface area contributed by atoms with Crippen molar-refractivity contribution in [1.29, 1.82) is 0 Å². The van der Waals surface area contributed by atoms with Gasteiger partial charge >= 0.3 is 0 Å². The zero-order valence-electron chi connectivity index (χ0n) is 15.9. The molecule has 0 aliphatic carbocycles. The minimum absolute atomic E-state index is 0.0982. The molecule has 0 radical (unpaired) electrons. The Balaban J connectivity index is 1.61. The predicted molar refractivity (Wildman–Crippen MR) is 102 cm³/mol. The third-order valence-electron chi connectivity index (χ3n) is 5.33. The summed E-state index contributed by atoms with van der Waals surface area (Å²) in [6.07, 6.45) is 3.87. The van der Waals surface area contributed by atoms with E-state index in [-0.39, 0.29) is 11.8 Å². The number of ether oxygens (including phenoxy) is 1. The second kappa shape index (κ2) is 7.02. The highest BCUT2D eigenvalue weighted by molar-refractivity contribution is 5.91. The van der Waals surface area contributed by atoms with Gasteiger partial charge in [0.15, 0.2) is 0 Å². The number of hydrogen-bond donors (Lipinski definition) is 0. The Bertz CT molecular complexity index is 996. The molecule has 1 atom stereocenters. The number of aromatic nitrogens is 2.